The molecule has 0 saturated heterocycles. The summed E-state index contributed by atoms with van der Waals surface area (Å²) in [6, 6.07) is 16.0. The van der Waals surface area contributed by atoms with E-state index in [0.29, 0.717) is 16.6 Å². The van der Waals surface area contributed by atoms with Crippen LogP contribution in [-0.4, -0.2) is 42.1 Å². The molecule has 0 saturated carbocycles. The molecule has 0 amide bonds. The summed E-state index contributed by atoms with van der Waals surface area (Å²) in [5, 5.41) is 4.90. The fraction of sp³-hybridized carbons (Fsp3) is 0.238. The fourth-order valence-corrected chi connectivity index (χ4v) is 3.44. The summed E-state index contributed by atoms with van der Waals surface area (Å²) in [6.45, 7) is 1.68. The number of halogens is 2. The van der Waals surface area contributed by atoms with E-state index in [0.717, 1.165) is 35.1 Å². The lowest BCUT2D eigenvalue weighted by Crippen LogP contribution is -2.21. The number of anilines is 1. The van der Waals surface area contributed by atoms with Crippen LogP contribution in [0, 0.1) is 5.82 Å². The molecule has 3 rings (SSSR count). The third-order valence-electron chi connectivity index (χ3n) is 3.97. The van der Waals surface area contributed by atoms with Gasteiger partial charge in [-0.3, -0.25) is 0 Å². The molecule has 0 fully saturated rings. The maximum Gasteiger partial charge on any atom is 0.162 e. The fourth-order valence-electron chi connectivity index (χ4n) is 2.46. The Morgan fingerprint density at radius 1 is 1.04 bits per heavy atom. The van der Waals surface area contributed by atoms with Crippen LogP contribution < -0.4 is 5.32 Å². The Labute approximate surface area is 174 Å². The van der Waals surface area contributed by atoms with Gasteiger partial charge in [0.05, 0.1) is 0 Å². The van der Waals surface area contributed by atoms with Crippen LogP contribution in [0.1, 0.15) is 5.56 Å². The predicted octanol–water partition coefficient (Wildman–Crippen LogP) is 5.20. The van der Waals surface area contributed by atoms with Crippen molar-refractivity contribution in [1.29, 1.82) is 0 Å². The van der Waals surface area contributed by atoms with Crippen molar-refractivity contribution < 1.29 is 4.39 Å². The Morgan fingerprint density at radius 3 is 2.43 bits per heavy atom. The Balaban J connectivity index is 1.81. The Bertz CT molecular complexity index is 901. The molecule has 0 aliphatic carbocycles. The van der Waals surface area contributed by atoms with Gasteiger partial charge in [-0.15, -0.1) is 11.8 Å². The van der Waals surface area contributed by atoms with Crippen molar-refractivity contribution in [3.05, 3.63) is 71.0 Å². The molecule has 0 spiro atoms. The van der Waals surface area contributed by atoms with E-state index in [-0.39, 0.29) is 5.82 Å². The van der Waals surface area contributed by atoms with Crippen molar-refractivity contribution in [2.75, 3.05) is 32.5 Å². The van der Waals surface area contributed by atoms with Gasteiger partial charge in [0.15, 0.2) is 5.82 Å². The first kappa shape index (κ1) is 20.6. The zero-order chi connectivity index (χ0) is 19.9. The number of nitrogens with zero attached hydrogens (tertiary/aromatic N) is 3. The number of thioether (sulfide) groups is 1. The highest BCUT2D eigenvalue weighted by Gasteiger charge is 2.09. The number of rotatable bonds is 8. The van der Waals surface area contributed by atoms with Crippen molar-refractivity contribution in [2.45, 2.75) is 10.8 Å². The van der Waals surface area contributed by atoms with E-state index in [1.807, 2.05) is 44.4 Å². The summed E-state index contributed by atoms with van der Waals surface area (Å²) in [4.78, 5) is 11.5. The molecule has 0 unspecified atom stereocenters. The number of hydrogen-bond donors (Lipinski definition) is 1. The van der Waals surface area contributed by atoms with Crippen LogP contribution in [0.3, 0.4) is 0 Å². The quantitative estimate of drug-likeness (QED) is 0.403. The molecule has 1 aromatic heterocycles. The van der Waals surface area contributed by atoms with Gasteiger partial charge < -0.3 is 10.2 Å². The number of aromatic nitrogens is 2. The van der Waals surface area contributed by atoms with Gasteiger partial charge in [0.25, 0.3) is 0 Å². The minimum atomic E-state index is -0.229. The third kappa shape index (κ3) is 6.19. The Hall–Kier alpha value is -2.15. The van der Waals surface area contributed by atoms with Crippen molar-refractivity contribution >= 4 is 29.2 Å². The van der Waals surface area contributed by atoms with E-state index in [1.165, 1.54) is 12.1 Å². The zero-order valence-electron chi connectivity index (χ0n) is 15.8. The highest BCUT2D eigenvalue weighted by Crippen LogP contribution is 2.27. The van der Waals surface area contributed by atoms with E-state index in [4.69, 9.17) is 16.6 Å². The topological polar surface area (TPSA) is 41.0 Å². The second-order valence-corrected chi connectivity index (χ2v) is 8.00. The first-order valence-corrected chi connectivity index (χ1v) is 10.3. The van der Waals surface area contributed by atoms with Crippen LogP contribution >= 0.6 is 23.4 Å². The predicted molar refractivity (Wildman–Crippen MR) is 115 cm³/mol. The van der Waals surface area contributed by atoms with Crippen molar-refractivity contribution in [3.8, 4) is 11.4 Å². The molecule has 0 bridgehead atoms. The molecule has 7 heteroatoms. The first-order chi connectivity index (χ1) is 13.5. The van der Waals surface area contributed by atoms with Gasteiger partial charge in [-0.05, 0) is 56.1 Å². The summed E-state index contributed by atoms with van der Waals surface area (Å²) in [5.74, 6) is 1.90. The van der Waals surface area contributed by atoms with Crippen LogP contribution in [-0.2, 0) is 5.75 Å². The number of hydrogen-bond acceptors (Lipinski definition) is 5. The van der Waals surface area contributed by atoms with Gasteiger partial charge in [0.1, 0.15) is 16.7 Å². The lowest BCUT2D eigenvalue weighted by Gasteiger charge is -2.13. The van der Waals surface area contributed by atoms with Crippen LogP contribution in [0.25, 0.3) is 11.4 Å². The SMILES string of the molecule is CN(C)CCNc1cc(SCc2ccc(F)cc2)nc(-c2ccc(Cl)cc2)n1. The molecule has 4 nitrogen and oxygen atoms in total. The average molecular weight is 417 g/mol. The molecule has 1 N–H and O–H groups in total. The van der Waals surface area contributed by atoms with Crippen molar-refractivity contribution in [3.63, 3.8) is 0 Å². The number of nitrogens with one attached hydrogen (secondary N) is 1. The van der Waals surface area contributed by atoms with Crippen molar-refractivity contribution in [2.24, 2.45) is 0 Å². The highest BCUT2D eigenvalue weighted by molar-refractivity contribution is 7.98. The maximum absolute atomic E-state index is 13.1. The van der Waals surface area contributed by atoms with Crippen LogP contribution in [0.2, 0.25) is 5.02 Å². The summed E-state index contributed by atoms with van der Waals surface area (Å²) in [5.41, 5.74) is 1.95. The molecule has 0 atom stereocenters. The normalized spacial score (nSPS) is 11.0. The van der Waals surface area contributed by atoms with E-state index in [2.05, 4.69) is 15.2 Å². The molecule has 0 aliphatic heterocycles. The largest absolute Gasteiger partial charge is 0.369 e. The molecule has 0 aliphatic rings. The average Bonchev–Trinajstić information content (AvgIpc) is 2.68. The van der Waals surface area contributed by atoms with Crippen LogP contribution in [0.5, 0.6) is 0 Å². The molecule has 3 aromatic rings. The van der Waals surface area contributed by atoms with Gasteiger partial charge in [-0.25, -0.2) is 14.4 Å². The van der Waals surface area contributed by atoms with Gasteiger partial charge in [-0.1, -0.05) is 23.7 Å². The first-order valence-electron chi connectivity index (χ1n) is 8.90. The molecular weight excluding hydrogens is 395 g/mol. The standard InChI is InChI=1S/C21H22ClFN4S/c1-27(2)12-11-24-19-13-20(28-14-15-3-9-18(23)10-4-15)26-21(25-19)16-5-7-17(22)8-6-16/h3-10,13H,11-12,14H2,1-2H3,(H,24,25,26). The maximum atomic E-state index is 13.1. The molecular formula is C21H22ClFN4S. The number of benzene rings is 2. The van der Waals surface area contributed by atoms with Crippen LogP contribution in [0.4, 0.5) is 10.2 Å². The molecule has 28 heavy (non-hydrogen) atoms. The summed E-state index contributed by atoms with van der Waals surface area (Å²) >= 11 is 7.60. The van der Waals surface area contributed by atoms with E-state index in [9.17, 15) is 4.39 Å². The van der Waals surface area contributed by atoms with Crippen LogP contribution in [0.15, 0.2) is 59.6 Å². The smallest absolute Gasteiger partial charge is 0.162 e. The molecule has 2 aromatic carbocycles. The molecule has 0 radical (unpaired) electrons. The Morgan fingerprint density at radius 2 is 1.75 bits per heavy atom. The molecule has 146 valence electrons. The second kappa shape index (κ2) is 9.87. The second-order valence-electron chi connectivity index (χ2n) is 6.57. The van der Waals surface area contributed by atoms with Crippen molar-refractivity contribution in [1.82, 2.24) is 14.9 Å². The van der Waals surface area contributed by atoms with Gasteiger partial charge in [-0.2, -0.15) is 0 Å². The minimum Gasteiger partial charge on any atom is -0.369 e. The monoisotopic (exact) mass is 416 g/mol. The van der Waals surface area contributed by atoms with Gasteiger partial charge in [0.2, 0.25) is 0 Å². The minimum absolute atomic E-state index is 0.229. The Kier molecular flexibility index (Phi) is 7.25. The lowest BCUT2D eigenvalue weighted by molar-refractivity contribution is 0.425. The highest BCUT2D eigenvalue weighted by atomic mass is 35.5. The molecule has 1 heterocycles. The van der Waals surface area contributed by atoms with Gasteiger partial charge >= 0.3 is 0 Å². The van der Waals surface area contributed by atoms with E-state index in [1.54, 1.807) is 23.9 Å². The summed E-state index contributed by atoms with van der Waals surface area (Å²) in [7, 11) is 4.07. The van der Waals surface area contributed by atoms with Gasteiger partial charge in [0, 0.05) is 35.5 Å². The summed E-state index contributed by atoms with van der Waals surface area (Å²) < 4.78 is 13.1. The zero-order valence-corrected chi connectivity index (χ0v) is 17.4. The lowest BCUT2D eigenvalue weighted by atomic mass is 10.2. The van der Waals surface area contributed by atoms with E-state index < -0.39 is 0 Å². The number of likely N-dealkylation sites (N-methyl/N-ethyl adjacent to an activating group) is 1. The third-order valence-corrected chi connectivity index (χ3v) is 5.20. The summed E-state index contributed by atoms with van der Waals surface area (Å²) in [6.07, 6.45) is 0. The van der Waals surface area contributed by atoms with E-state index >= 15 is 0 Å².